The zero-order chi connectivity index (χ0) is 12.6. The van der Waals surface area contributed by atoms with Crippen LogP contribution in [0.3, 0.4) is 0 Å². The van der Waals surface area contributed by atoms with Crippen LogP contribution in [0.25, 0.3) is 0 Å². The Hall–Kier alpha value is -1.52. The zero-order valence-corrected chi connectivity index (χ0v) is 9.12. The number of rotatable bonds is 1. The Kier molecular flexibility index (Phi) is 2.85. The van der Waals surface area contributed by atoms with Crippen molar-refractivity contribution < 1.29 is 22.7 Å². The minimum atomic E-state index is -4.37. The average molecular weight is 244 g/mol. The van der Waals surface area contributed by atoms with Crippen LogP contribution in [0.4, 0.5) is 13.2 Å². The van der Waals surface area contributed by atoms with Gasteiger partial charge in [0.2, 0.25) is 0 Å². The first-order valence-electron chi connectivity index (χ1n) is 5.24. The summed E-state index contributed by atoms with van der Waals surface area (Å²) in [5.74, 6) is -0.453. The van der Waals surface area contributed by atoms with E-state index in [-0.39, 0.29) is 18.3 Å². The van der Waals surface area contributed by atoms with Crippen molar-refractivity contribution in [2.75, 3.05) is 0 Å². The van der Waals surface area contributed by atoms with E-state index in [1.165, 1.54) is 6.07 Å². The molecule has 1 aromatic rings. The molecular weight excluding hydrogens is 233 g/mol. The van der Waals surface area contributed by atoms with Crippen LogP contribution in [0.2, 0.25) is 0 Å². The molecule has 0 aromatic heterocycles. The highest BCUT2D eigenvalue weighted by molar-refractivity contribution is 5.72. The van der Waals surface area contributed by atoms with Crippen molar-refractivity contribution >= 4 is 5.97 Å². The second-order valence-corrected chi connectivity index (χ2v) is 4.22. The fourth-order valence-corrected chi connectivity index (χ4v) is 1.96. The molecule has 1 aromatic carbocycles. The Morgan fingerprint density at radius 1 is 1.35 bits per heavy atom. The molecule has 1 aliphatic heterocycles. The summed E-state index contributed by atoms with van der Waals surface area (Å²) in [6.07, 6.45) is -4.69. The van der Waals surface area contributed by atoms with Crippen LogP contribution in [0.5, 0.6) is 0 Å². The van der Waals surface area contributed by atoms with E-state index in [2.05, 4.69) is 0 Å². The van der Waals surface area contributed by atoms with Gasteiger partial charge in [0.25, 0.3) is 0 Å². The van der Waals surface area contributed by atoms with Crippen molar-refractivity contribution in [1.82, 2.24) is 0 Å². The van der Waals surface area contributed by atoms with Crippen molar-refractivity contribution in [1.29, 1.82) is 0 Å². The maximum atomic E-state index is 12.5. The molecule has 0 amide bonds. The highest BCUT2D eigenvalue weighted by atomic mass is 19.4. The van der Waals surface area contributed by atoms with Gasteiger partial charge < -0.3 is 4.74 Å². The molecule has 0 spiro atoms. The van der Waals surface area contributed by atoms with E-state index in [0.29, 0.717) is 5.56 Å². The number of carbonyl (C=O) groups is 1. The number of ether oxygens (including phenoxy) is 1. The SMILES string of the molecule is C[C@@H]1CC(=O)O[C@@H]1c1cccc(C(F)(F)F)c1. The molecule has 0 unspecified atom stereocenters. The summed E-state index contributed by atoms with van der Waals surface area (Å²) in [6.45, 7) is 1.79. The van der Waals surface area contributed by atoms with Crippen molar-refractivity contribution in [3.63, 3.8) is 0 Å². The van der Waals surface area contributed by atoms with Crippen molar-refractivity contribution in [2.45, 2.75) is 25.6 Å². The van der Waals surface area contributed by atoms with E-state index < -0.39 is 17.8 Å². The van der Waals surface area contributed by atoms with Gasteiger partial charge in [0.05, 0.1) is 12.0 Å². The Labute approximate surface area is 96.4 Å². The summed E-state index contributed by atoms with van der Waals surface area (Å²) in [5.41, 5.74) is -0.316. The Balaban J connectivity index is 2.31. The van der Waals surface area contributed by atoms with E-state index in [0.717, 1.165) is 12.1 Å². The average Bonchev–Trinajstić information content (AvgIpc) is 2.57. The monoisotopic (exact) mass is 244 g/mol. The first kappa shape index (κ1) is 12.0. The third-order valence-electron chi connectivity index (χ3n) is 2.81. The minimum absolute atomic E-state index is 0.0917. The van der Waals surface area contributed by atoms with E-state index in [1.54, 1.807) is 13.0 Å². The van der Waals surface area contributed by atoms with Gasteiger partial charge in [0.1, 0.15) is 6.10 Å². The fraction of sp³-hybridized carbons (Fsp3) is 0.417. The lowest BCUT2D eigenvalue weighted by Gasteiger charge is -2.16. The predicted molar refractivity (Wildman–Crippen MR) is 54.1 cm³/mol. The Morgan fingerprint density at radius 3 is 2.59 bits per heavy atom. The van der Waals surface area contributed by atoms with Crippen LogP contribution in [0.15, 0.2) is 24.3 Å². The number of carbonyl (C=O) groups excluding carboxylic acids is 1. The molecule has 1 heterocycles. The minimum Gasteiger partial charge on any atom is -0.457 e. The number of benzene rings is 1. The quantitative estimate of drug-likeness (QED) is 0.708. The van der Waals surface area contributed by atoms with Gasteiger partial charge in [-0.05, 0) is 17.7 Å². The molecule has 2 atom stereocenters. The first-order chi connectivity index (χ1) is 7.88. The van der Waals surface area contributed by atoms with Crippen molar-refractivity contribution in [2.24, 2.45) is 5.92 Å². The van der Waals surface area contributed by atoms with Crippen LogP contribution in [0, 0.1) is 5.92 Å². The maximum Gasteiger partial charge on any atom is 0.416 e. The van der Waals surface area contributed by atoms with Crippen LogP contribution in [-0.4, -0.2) is 5.97 Å². The zero-order valence-electron chi connectivity index (χ0n) is 9.12. The highest BCUT2D eigenvalue weighted by Crippen LogP contribution is 2.37. The predicted octanol–water partition coefficient (Wildman–Crippen LogP) is 3.33. The second-order valence-electron chi connectivity index (χ2n) is 4.22. The number of hydrogen-bond acceptors (Lipinski definition) is 2. The largest absolute Gasteiger partial charge is 0.457 e. The Morgan fingerprint density at radius 2 is 2.06 bits per heavy atom. The lowest BCUT2D eigenvalue weighted by Crippen LogP contribution is -2.09. The molecule has 1 aliphatic rings. The molecule has 1 fully saturated rings. The van der Waals surface area contributed by atoms with Crippen LogP contribution in [0.1, 0.15) is 30.6 Å². The smallest absolute Gasteiger partial charge is 0.416 e. The van der Waals surface area contributed by atoms with Gasteiger partial charge in [-0.2, -0.15) is 13.2 Å². The normalized spacial score (nSPS) is 24.8. The number of esters is 1. The number of hydrogen-bond donors (Lipinski definition) is 0. The van der Waals surface area contributed by atoms with Crippen molar-refractivity contribution in [3.8, 4) is 0 Å². The summed E-state index contributed by atoms with van der Waals surface area (Å²) < 4.78 is 42.6. The first-order valence-corrected chi connectivity index (χ1v) is 5.24. The van der Waals surface area contributed by atoms with Gasteiger partial charge in [-0.15, -0.1) is 0 Å². The molecule has 17 heavy (non-hydrogen) atoms. The maximum absolute atomic E-state index is 12.5. The molecule has 0 radical (unpaired) electrons. The third kappa shape index (κ3) is 2.43. The van der Waals surface area contributed by atoms with E-state index in [9.17, 15) is 18.0 Å². The molecule has 2 nitrogen and oxygen atoms in total. The van der Waals surface area contributed by atoms with Gasteiger partial charge in [0, 0.05) is 5.92 Å². The third-order valence-corrected chi connectivity index (χ3v) is 2.81. The number of halogens is 3. The van der Waals surface area contributed by atoms with E-state index in [4.69, 9.17) is 4.74 Å². The van der Waals surface area contributed by atoms with Gasteiger partial charge in [0.15, 0.2) is 0 Å². The van der Waals surface area contributed by atoms with Gasteiger partial charge in [-0.1, -0.05) is 19.1 Å². The van der Waals surface area contributed by atoms with E-state index in [1.807, 2.05) is 0 Å². The molecule has 2 rings (SSSR count). The number of cyclic esters (lactones) is 1. The van der Waals surface area contributed by atoms with Crippen LogP contribution >= 0.6 is 0 Å². The molecule has 1 saturated heterocycles. The molecular formula is C12H11F3O2. The summed E-state index contributed by atoms with van der Waals surface area (Å²) in [7, 11) is 0. The highest BCUT2D eigenvalue weighted by Gasteiger charge is 2.35. The number of alkyl halides is 3. The molecule has 0 saturated carbocycles. The van der Waals surface area contributed by atoms with Crippen molar-refractivity contribution in [3.05, 3.63) is 35.4 Å². The molecule has 92 valence electrons. The lowest BCUT2D eigenvalue weighted by molar-refractivity contribution is -0.141. The fourth-order valence-electron chi connectivity index (χ4n) is 1.96. The lowest BCUT2D eigenvalue weighted by atomic mass is 9.96. The summed E-state index contributed by atoms with van der Waals surface area (Å²) in [5, 5.41) is 0. The van der Waals surface area contributed by atoms with Gasteiger partial charge >= 0.3 is 12.1 Å². The van der Waals surface area contributed by atoms with E-state index >= 15 is 0 Å². The van der Waals surface area contributed by atoms with Crippen LogP contribution in [-0.2, 0) is 15.7 Å². The van der Waals surface area contributed by atoms with Crippen LogP contribution < -0.4 is 0 Å². The van der Waals surface area contributed by atoms with Gasteiger partial charge in [-0.25, -0.2) is 0 Å². The summed E-state index contributed by atoms with van der Waals surface area (Å²) in [6, 6.07) is 4.93. The standard InChI is InChI=1S/C12H11F3O2/c1-7-5-10(16)17-11(7)8-3-2-4-9(6-8)12(13,14)15/h2-4,6-7,11H,5H2,1H3/t7-,11+/m1/s1. The molecule has 0 N–H and O–H groups in total. The summed E-state index contributed by atoms with van der Waals surface area (Å²) >= 11 is 0. The molecule has 0 bridgehead atoms. The summed E-state index contributed by atoms with van der Waals surface area (Å²) in [4.78, 5) is 11.1. The molecule has 0 aliphatic carbocycles. The second kappa shape index (κ2) is 4.05. The topological polar surface area (TPSA) is 26.3 Å². The van der Waals surface area contributed by atoms with Gasteiger partial charge in [-0.3, -0.25) is 4.79 Å². The Bertz CT molecular complexity index is 440. The molecule has 5 heteroatoms.